The van der Waals surface area contributed by atoms with Gasteiger partial charge in [-0.25, -0.2) is 4.79 Å². The summed E-state index contributed by atoms with van der Waals surface area (Å²) < 4.78 is 5.29. The standard InChI is InChI=1S/C39H45N3O4/c43-28-36(41-38(45)46-29-31-14-5-1-6-15-31)37(44)40-30-39(34-18-9-3-10-19-34,35-20-11-4-12-21-35)24-13-25-42-26-22-33(23-27-42)32-16-7-2-8-17-32/h1-12,14-21,33,36,43H,13,22-30H2,(H,40,44)(H,41,45)/t36-/m0/s1. The molecule has 2 amide bonds. The second-order valence-corrected chi connectivity index (χ2v) is 12.1. The molecule has 1 saturated heterocycles. The Bertz CT molecular complexity index is 1440. The van der Waals surface area contributed by atoms with Crippen LogP contribution in [0.5, 0.6) is 0 Å². The Morgan fingerprint density at radius 1 is 0.804 bits per heavy atom. The van der Waals surface area contributed by atoms with Crippen LogP contribution >= 0.6 is 0 Å². The number of likely N-dealkylation sites (tertiary alicyclic amines) is 1. The molecule has 0 radical (unpaired) electrons. The average molecular weight is 620 g/mol. The zero-order chi connectivity index (χ0) is 32.0. The highest BCUT2D eigenvalue weighted by molar-refractivity contribution is 5.85. The van der Waals surface area contributed by atoms with Crippen molar-refractivity contribution in [2.75, 3.05) is 32.8 Å². The monoisotopic (exact) mass is 619 g/mol. The van der Waals surface area contributed by atoms with Crippen molar-refractivity contribution in [3.05, 3.63) is 144 Å². The largest absolute Gasteiger partial charge is 0.445 e. The number of piperidine rings is 1. The summed E-state index contributed by atoms with van der Waals surface area (Å²) in [6.07, 6.45) is 3.32. The number of nitrogens with zero attached hydrogens (tertiary/aromatic N) is 1. The van der Waals surface area contributed by atoms with E-state index in [2.05, 4.69) is 70.1 Å². The van der Waals surface area contributed by atoms with Crippen LogP contribution in [0.4, 0.5) is 4.79 Å². The van der Waals surface area contributed by atoms with Crippen molar-refractivity contribution in [1.29, 1.82) is 0 Å². The number of amides is 2. The van der Waals surface area contributed by atoms with E-state index in [0.29, 0.717) is 12.5 Å². The smallest absolute Gasteiger partial charge is 0.408 e. The summed E-state index contributed by atoms with van der Waals surface area (Å²) in [7, 11) is 0. The van der Waals surface area contributed by atoms with Crippen molar-refractivity contribution >= 4 is 12.0 Å². The lowest BCUT2D eigenvalue weighted by molar-refractivity contribution is -0.124. The lowest BCUT2D eigenvalue weighted by Crippen LogP contribution is -2.52. The van der Waals surface area contributed by atoms with E-state index in [0.717, 1.165) is 62.0 Å². The van der Waals surface area contributed by atoms with Gasteiger partial charge in [-0.3, -0.25) is 4.79 Å². The molecule has 0 unspecified atom stereocenters. The third-order valence-corrected chi connectivity index (χ3v) is 9.16. The number of ether oxygens (including phenoxy) is 1. The maximum Gasteiger partial charge on any atom is 0.408 e. The Morgan fingerprint density at radius 3 is 1.91 bits per heavy atom. The maximum absolute atomic E-state index is 13.4. The molecule has 0 spiro atoms. The topological polar surface area (TPSA) is 90.9 Å². The fraction of sp³-hybridized carbons (Fsp3) is 0.333. The molecule has 0 bridgehead atoms. The predicted octanol–water partition coefficient (Wildman–Crippen LogP) is 6.04. The molecule has 1 aliphatic heterocycles. The molecule has 0 saturated carbocycles. The summed E-state index contributed by atoms with van der Waals surface area (Å²) in [4.78, 5) is 28.5. The molecule has 0 aliphatic carbocycles. The zero-order valence-corrected chi connectivity index (χ0v) is 26.4. The van der Waals surface area contributed by atoms with Crippen LogP contribution in [0.2, 0.25) is 0 Å². The molecule has 4 aromatic carbocycles. The van der Waals surface area contributed by atoms with Crippen molar-refractivity contribution in [2.24, 2.45) is 0 Å². The van der Waals surface area contributed by atoms with Gasteiger partial charge in [0.1, 0.15) is 12.6 Å². The zero-order valence-electron chi connectivity index (χ0n) is 26.4. The normalized spacial score (nSPS) is 14.7. The first-order valence-corrected chi connectivity index (χ1v) is 16.3. The van der Waals surface area contributed by atoms with Crippen LogP contribution in [-0.4, -0.2) is 60.8 Å². The van der Waals surface area contributed by atoms with Crippen LogP contribution in [0.3, 0.4) is 0 Å². The molecular formula is C39H45N3O4. The maximum atomic E-state index is 13.4. The van der Waals surface area contributed by atoms with Gasteiger partial charge in [-0.05, 0) is 73.5 Å². The third kappa shape index (κ3) is 8.83. The van der Waals surface area contributed by atoms with Crippen LogP contribution < -0.4 is 10.6 Å². The summed E-state index contributed by atoms with van der Waals surface area (Å²) in [6.45, 7) is 2.96. The molecule has 46 heavy (non-hydrogen) atoms. The van der Waals surface area contributed by atoms with Crippen molar-refractivity contribution in [3.8, 4) is 0 Å². The highest BCUT2D eigenvalue weighted by Crippen LogP contribution is 2.37. The van der Waals surface area contributed by atoms with E-state index < -0.39 is 30.1 Å². The van der Waals surface area contributed by atoms with Gasteiger partial charge in [0.2, 0.25) is 5.91 Å². The number of nitrogens with one attached hydrogen (secondary N) is 2. The quantitative estimate of drug-likeness (QED) is 0.160. The van der Waals surface area contributed by atoms with E-state index >= 15 is 0 Å². The minimum absolute atomic E-state index is 0.0709. The Labute approximate surface area is 272 Å². The summed E-state index contributed by atoms with van der Waals surface area (Å²) in [5.41, 5.74) is 3.98. The minimum atomic E-state index is -1.14. The van der Waals surface area contributed by atoms with E-state index in [1.54, 1.807) is 0 Å². The van der Waals surface area contributed by atoms with Gasteiger partial charge in [0.15, 0.2) is 0 Å². The van der Waals surface area contributed by atoms with Crippen LogP contribution in [0, 0.1) is 0 Å². The molecule has 7 heteroatoms. The Morgan fingerprint density at radius 2 is 1.35 bits per heavy atom. The molecular weight excluding hydrogens is 574 g/mol. The summed E-state index contributed by atoms with van der Waals surface area (Å²) in [5, 5.41) is 15.6. The van der Waals surface area contributed by atoms with Crippen molar-refractivity contribution in [1.82, 2.24) is 15.5 Å². The third-order valence-electron chi connectivity index (χ3n) is 9.16. The summed E-state index contributed by atoms with van der Waals surface area (Å²) >= 11 is 0. The van der Waals surface area contributed by atoms with Crippen molar-refractivity contribution in [3.63, 3.8) is 0 Å². The molecule has 4 aromatic rings. The first-order valence-electron chi connectivity index (χ1n) is 16.3. The van der Waals surface area contributed by atoms with Gasteiger partial charge in [0.05, 0.1) is 6.61 Å². The molecule has 1 heterocycles. The molecule has 5 rings (SSSR count). The lowest BCUT2D eigenvalue weighted by atomic mass is 9.71. The van der Waals surface area contributed by atoms with Crippen molar-refractivity contribution in [2.45, 2.75) is 49.7 Å². The van der Waals surface area contributed by atoms with E-state index in [9.17, 15) is 14.7 Å². The van der Waals surface area contributed by atoms with E-state index in [1.165, 1.54) is 5.56 Å². The Balaban J connectivity index is 1.25. The van der Waals surface area contributed by atoms with Gasteiger partial charge < -0.3 is 25.4 Å². The van der Waals surface area contributed by atoms with Crippen LogP contribution in [0.1, 0.15) is 53.9 Å². The molecule has 1 fully saturated rings. The number of hydrogen-bond acceptors (Lipinski definition) is 5. The lowest BCUT2D eigenvalue weighted by Gasteiger charge is -2.37. The van der Waals surface area contributed by atoms with E-state index in [-0.39, 0.29) is 6.61 Å². The molecule has 1 aliphatic rings. The molecule has 1 atom stereocenters. The number of aliphatic hydroxyl groups is 1. The Kier molecular flexibility index (Phi) is 12.0. The minimum Gasteiger partial charge on any atom is -0.445 e. The number of benzene rings is 4. The Hall–Kier alpha value is -4.46. The number of alkyl carbamates (subject to hydrolysis) is 1. The van der Waals surface area contributed by atoms with Gasteiger partial charge in [-0.2, -0.15) is 0 Å². The highest BCUT2D eigenvalue weighted by Gasteiger charge is 2.35. The fourth-order valence-electron chi connectivity index (χ4n) is 6.54. The number of carbonyl (C=O) groups is 2. The second kappa shape index (κ2) is 16.7. The van der Waals surface area contributed by atoms with Gasteiger partial charge in [0.25, 0.3) is 0 Å². The summed E-state index contributed by atoms with van der Waals surface area (Å²) in [5.74, 6) is 0.155. The van der Waals surface area contributed by atoms with Crippen LogP contribution in [0.25, 0.3) is 0 Å². The molecule has 3 N–H and O–H groups in total. The van der Waals surface area contributed by atoms with Crippen LogP contribution in [-0.2, 0) is 21.6 Å². The number of carbonyl (C=O) groups excluding carboxylic acids is 2. The van der Waals surface area contributed by atoms with Gasteiger partial charge in [0, 0.05) is 12.0 Å². The number of rotatable bonds is 14. The molecule has 240 valence electrons. The van der Waals surface area contributed by atoms with Gasteiger partial charge in [-0.15, -0.1) is 0 Å². The van der Waals surface area contributed by atoms with Gasteiger partial charge in [-0.1, -0.05) is 121 Å². The van der Waals surface area contributed by atoms with Gasteiger partial charge >= 0.3 is 6.09 Å². The van der Waals surface area contributed by atoms with Crippen LogP contribution in [0.15, 0.2) is 121 Å². The highest BCUT2D eigenvalue weighted by atomic mass is 16.5. The molecule has 0 aromatic heterocycles. The summed E-state index contributed by atoms with van der Waals surface area (Å²) in [6, 6.07) is 39.6. The predicted molar refractivity (Wildman–Crippen MR) is 181 cm³/mol. The average Bonchev–Trinajstić information content (AvgIpc) is 3.13. The molecule has 7 nitrogen and oxygen atoms in total. The van der Waals surface area contributed by atoms with Crippen molar-refractivity contribution < 1.29 is 19.4 Å². The van der Waals surface area contributed by atoms with E-state index in [1.807, 2.05) is 66.7 Å². The first-order chi connectivity index (χ1) is 22.6. The van der Waals surface area contributed by atoms with E-state index in [4.69, 9.17) is 4.74 Å². The fourth-order valence-corrected chi connectivity index (χ4v) is 6.54. The number of hydrogen-bond donors (Lipinski definition) is 3. The first kappa shape index (κ1) is 32.9. The second-order valence-electron chi connectivity index (χ2n) is 12.1. The number of aliphatic hydroxyl groups excluding tert-OH is 1. The SMILES string of the molecule is O=C(N[C@@H](CO)C(=O)NCC(CCCN1CCC(c2ccccc2)CC1)(c1ccccc1)c1ccccc1)OCc1ccccc1.